The molecule has 3 heterocycles. The van der Waals surface area contributed by atoms with E-state index in [1.807, 2.05) is 12.1 Å². The normalized spacial score (nSPS) is 27.1. The van der Waals surface area contributed by atoms with Crippen LogP contribution >= 0.6 is 12.2 Å². The third-order valence-electron chi connectivity index (χ3n) is 6.35. The minimum absolute atomic E-state index is 0.186. The topological polar surface area (TPSA) is 66.6 Å². The molecule has 2 saturated heterocycles. The van der Waals surface area contributed by atoms with Gasteiger partial charge in [0.05, 0.1) is 35.7 Å². The highest BCUT2D eigenvalue weighted by Crippen LogP contribution is 2.37. The smallest absolute Gasteiger partial charge is 0.175 e. The van der Waals surface area contributed by atoms with Crippen molar-refractivity contribution in [2.75, 3.05) is 34.5 Å². The maximum atomic E-state index is 6.06. The predicted octanol–water partition coefficient (Wildman–Crippen LogP) is 4.74. The van der Waals surface area contributed by atoms with E-state index >= 15 is 0 Å². The summed E-state index contributed by atoms with van der Waals surface area (Å²) >= 11 is 5.51. The van der Waals surface area contributed by atoms with Crippen LogP contribution in [0.3, 0.4) is 0 Å². The summed E-state index contributed by atoms with van der Waals surface area (Å²) in [7, 11) is 0. The number of fused-ring (bicyclic) bond motifs is 1. The van der Waals surface area contributed by atoms with Crippen LogP contribution in [0.15, 0.2) is 42.5 Å². The first-order chi connectivity index (χ1) is 15.2. The van der Waals surface area contributed by atoms with Crippen LogP contribution in [-0.2, 0) is 9.47 Å². The molecule has 5 rings (SSSR count). The van der Waals surface area contributed by atoms with Crippen molar-refractivity contribution in [3.63, 3.8) is 0 Å². The van der Waals surface area contributed by atoms with Crippen molar-refractivity contribution in [3.8, 4) is 0 Å². The number of benzene rings is 2. The van der Waals surface area contributed by atoms with Crippen LogP contribution in [0.4, 0.5) is 22.7 Å². The zero-order valence-electron chi connectivity index (χ0n) is 17.8. The molecular weight excluding hydrogens is 408 g/mol. The Morgan fingerprint density at radius 2 is 1.42 bits per heavy atom. The molecule has 6 nitrogen and oxygen atoms in total. The summed E-state index contributed by atoms with van der Waals surface area (Å²) in [5, 5.41) is 14.6. The average Bonchev–Trinajstić information content (AvgIpc) is 3.49. The lowest BCUT2D eigenvalue weighted by Crippen LogP contribution is -2.55. The first-order valence-corrected chi connectivity index (χ1v) is 11.6. The van der Waals surface area contributed by atoms with E-state index in [9.17, 15) is 0 Å². The molecule has 164 valence electrons. The second kappa shape index (κ2) is 9.02. The second-order valence-electron chi connectivity index (χ2n) is 8.65. The Balaban J connectivity index is 1.30. The summed E-state index contributed by atoms with van der Waals surface area (Å²) in [5.74, 6) is 0. The van der Waals surface area contributed by atoms with Crippen molar-refractivity contribution >= 4 is 40.1 Å². The summed E-state index contributed by atoms with van der Waals surface area (Å²) < 4.78 is 12.1. The fourth-order valence-corrected chi connectivity index (χ4v) is 4.99. The molecule has 0 amide bonds. The van der Waals surface area contributed by atoms with Crippen LogP contribution in [0.2, 0.25) is 0 Å². The monoisotopic (exact) mass is 438 g/mol. The van der Waals surface area contributed by atoms with E-state index < -0.39 is 0 Å². The Morgan fingerprint density at radius 1 is 0.839 bits per heavy atom. The maximum Gasteiger partial charge on any atom is 0.175 e. The lowest BCUT2D eigenvalue weighted by Gasteiger charge is -2.41. The third-order valence-corrected chi connectivity index (χ3v) is 6.55. The summed E-state index contributed by atoms with van der Waals surface area (Å²) in [4.78, 5) is 0. The second-order valence-corrected chi connectivity index (χ2v) is 9.06. The SMILES string of the molecule is Cc1ccc(NC(=S)Nc2ccc3c(c2)NC(C2CCCO2)C(C2CCCO2)N3)cc1. The van der Waals surface area contributed by atoms with Crippen LogP contribution in [0.25, 0.3) is 0 Å². The summed E-state index contributed by atoms with van der Waals surface area (Å²) in [5.41, 5.74) is 5.30. The Kier molecular flexibility index (Phi) is 5.98. The van der Waals surface area contributed by atoms with Gasteiger partial charge in [-0.05, 0) is 75.2 Å². The van der Waals surface area contributed by atoms with Crippen LogP contribution in [0, 0.1) is 6.92 Å². The Bertz CT molecular complexity index is 924. The number of hydrogen-bond acceptors (Lipinski definition) is 5. The van der Waals surface area contributed by atoms with Crippen molar-refractivity contribution in [1.82, 2.24) is 0 Å². The number of thiocarbonyl (C=S) groups is 1. The van der Waals surface area contributed by atoms with Crippen molar-refractivity contribution in [2.45, 2.75) is 56.9 Å². The van der Waals surface area contributed by atoms with Crippen LogP contribution < -0.4 is 21.3 Å². The zero-order chi connectivity index (χ0) is 21.2. The molecule has 4 N–H and O–H groups in total. The number of hydrogen-bond donors (Lipinski definition) is 4. The Morgan fingerprint density at radius 3 is 2.03 bits per heavy atom. The largest absolute Gasteiger partial charge is 0.376 e. The zero-order valence-corrected chi connectivity index (χ0v) is 18.6. The van der Waals surface area contributed by atoms with Crippen LogP contribution in [-0.4, -0.2) is 42.6 Å². The molecular formula is C24H30N4O2S. The van der Waals surface area contributed by atoms with E-state index in [2.05, 4.69) is 58.5 Å². The lowest BCUT2D eigenvalue weighted by atomic mass is 9.91. The Hall–Kier alpha value is -2.35. The van der Waals surface area contributed by atoms with E-state index in [0.717, 1.165) is 61.6 Å². The minimum atomic E-state index is 0.186. The fourth-order valence-electron chi connectivity index (χ4n) is 4.76. The van der Waals surface area contributed by atoms with Gasteiger partial charge in [-0.2, -0.15) is 0 Å². The van der Waals surface area contributed by atoms with Gasteiger partial charge >= 0.3 is 0 Å². The molecule has 0 saturated carbocycles. The van der Waals surface area contributed by atoms with Crippen molar-refractivity contribution < 1.29 is 9.47 Å². The highest BCUT2D eigenvalue weighted by molar-refractivity contribution is 7.80. The number of aryl methyl sites for hydroxylation is 1. The highest BCUT2D eigenvalue weighted by Gasteiger charge is 2.41. The lowest BCUT2D eigenvalue weighted by molar-refractivity contribution is 0.0475. The molecule has 0 aromatic heterocycles. The standard InChI is InChI=1S/C24H30N4O2S/c1-15-6-8-16(9-7-15)25-24(31)26-17-10-11-18-19(14-17)28-23(21-5-3-13-30-21)22(27-18)20-4-2-12-29-20/h6-11,14,20-23,27-28H,2-5,12-13H2,1H3,(H2,25,26,31). The van der Waals surface area contributed by atoms with Gasteiger partial charge in [0.1, 0.15) is 0 Å². The van der Waals surface area contributed by atoms with E-state index in [1.165, 1.54) is 5.56 Å². The summed E-state index contributed by atoms with van der Waals surface area (Å²) in [6.07, 6.45) is 4.85. The summed E-state index contributed by atoms with van der Waals surface area (Å²) in [6.45, 7) is 3.76. The van der Waals surface area contributed by atoms with Gasteiger partial charge in [0.15, 0.2) is 5.11 Å². The van der Waals surface area contributed by atoms with E-state index in [0.29, 0.717) is 5.11 Å². The van der Waals surface area contributed by atoms with Gasteiger partial charge in [-0.25, -0.2) is 0 Å². The quantitative estimate of drug-likeness (QED) is 0.514. The van der Waals surface area contributed by atoms with Gasteiger partial charge in [-0.3, -0.25) is 0 Å². The number of anilines is 4. The molecule has 0 radical (unpaired) electrons. The maximum absolute atomic E-state index is 6.06. The molecule has 2 aromatic carbocycles. The highest BCUT2D eigenvalue weighted by atomic mass is 32.1. The molecule has 0 aliphatic carbocycles. The average molecular weight is 439 g/mol. The third kappa shape index (κ3) is 4.63. The molecule has 2 aromatic rings. The van der Waals surface area contributed by atoms with E-state index in [4.69, 9.17) is 21.7 Å². The molecule has 0 spiro atoms. The van der Waals surface area contributed by atoms with Crippen LogP contribution in [0.1, 0.15) is 31.2 Å². The van der Waals surface area contributed by atoms with Gasteiger partial charge < -0.3 is 30.7 Å². The van der Waals surface area contributed by atoms with Gasteiger partial charge in [0.2, 0.25) is 0 Å². The Labute approximate surface area is 189 Å². The van der Waals surface area contributed by atoms with Gasteiger partial charge in [-0.1, -0.05) is 17.7 Å². The molecule has 7 heteroatoms. The first kappa shape index (κ1) is 20.5. The number of ether oxygens (including phenoxy) is 2. The summed E-state index contributed by atoms with van der Waals surface area (Å²) in [6, 6.07) is 14.8. The van der Waals surface area contributed by atoms with Crippen molar-refractivity contribution in [3.05, 3.63) is 48.0 Å². The predicted molar refractivity (Wildman–Crippen MR) is 130 cm³/mol. The molecule has 0 bridgehead atoms. The molecule has 4 atom stereocenters. The van der Waals surface area contributed by atoms with E-state index in [-0.39, 0.29) is 24.3 Å². The number of nitrogens with one attached hydrogen (secondary N) is 4. The molecule has 3 aliphatic heterocycles. The van der Waals surface area contributed by atoms with E-state index in [1.54, 1.807) is 0 Å². The minimum Gasteiger partial charge on any atom is -0.376 e. The molecule has 4 unspecified atom stereocenters. The van der Waals surface area contributed by atoms with Gasteiger partial charge in [0, 0.05) is 24.6 Å². The molecule has 2 fully saturated rings. The first-order valence-electron chi connectivity index (χ1n) is 11.2. The number of rotatable bonds is 4. The van der Waals surface area contributed by atoms with Crippen molar-refractivity contribution in [1.29, 1.82) is 0 Å². The van der Waals surface area contributed by atoms with Crippen molar-refractivity contribution in [2.24, 2.45) is 0 Å². The van der Waals surface area contributed by atoms with Crippen LogP contribution in [0.5, 0.6) is 0 Å². The van der Waals surface area contributed by atoms with Gasteiger partial charge in [-0.15, -0.1) is 0 Å². The fraction of sp³-hybridized carbons (Fsp3) is 0.458. The molecule has 3 aliphatic rings. The molecule has 31 heavy (non-hydrogen) atoms. The van der Waals surface area contributed by atoms with Gasteiger partial charge in [0.25, 0.3) is 0 Å².